The van der Waals surface area contributed by atoms with Gasteiger partial charge < -0.3 is 15.7 Å². The van der Waals surface area contributed by atoms with Gasteiger partial charge >= 0.3 is 12.1 Å². The molecule has 3 N–H and O–H groups in total. The van der Waals surface area contributed by atoms with Crippen LogP contribution in [-0.2, 0) is 9.59 Å². The lowest BCUT2D eigenvalue weighted by atomic mass is 9.71. The second-order valence-corrected chi connectivity index (χ2v) is 5.63. The highest BCUT2D eigenvalue weighted by Crippen LogP contribution is 2.38. The van der Waals surface area contributed by atoms with Crippen LogP contribution >= 0.6 is 0 Å². The molecule has 0 unspecified atom stereocenters. The predicted octanol–water partition coefficient (Wildman–Crippen LogP) is 1.68. The molecule has 5 nitrogen and oxygen atoms in total. The first-order chi connectivity index (χ1) is 9.72. The summed E-state index contributed by atoms with van der Waals surface area (Å²) in [5, 5.41) is 13.5. The molecule has 122 valence electrons. The van der Waals surface area contributed by atoms with Crippen LogP contribution in [0.1, 0.15) is 38.5 Å². The Morgan fingerprint density at radius 2 is 1.76 bits per heavy atom. The van der Waals surface area contributed by atoms with E-state index in [0.717, 1.165) is 32.1 Å². The van der Waals surface area contributed by atoms with Crippen molar-refractivity contribution in [2.45, 2.75) is 44.7 Å². The number of carbonyl (C=O) groups excluding carboxylic acids is 1. The van der Waals surface area contributed by atoms with E-state index < -0.39 is 36.6 Å². The number of hydrogen-bond acceptors (Lipinski definition) is 3. The van der Waals surface area contributed by atoms with Crippen LogP contribution in [0.5, 0.6) is 0 Å². The fourth-order valence-electron chi connectivity index (χ4n) is 2.70. The summed E-state index contributed by atoms with van der Waals surface area (Å²) in [6.07, 6.45) is -0.0735. The first-order valence-electron chi connectivity index (χ1n) is 6.98. The van der Waals surface area contributed by atoms with E-state index in [1.54, 1.807) is 0 Å². The third-order valence-electron chi connectivity index (χ3n) is 3.71. The number of carboxylic acids is 1. The van der Waals surface area contributed by atoms with Crippen LogP contribution in [0, 0.1) is 5.41 Å². The lowest BCUT2D eigenvalue weighted by Crippen LogP contribution is -2.44. The summed E-state index contributed by atoms with van der Waals surface area (Å²) < 4.78 is 35.8. The summed E-state index contributed by atoms with van der Waals surface area (Å²) in [5.74, 6) is -1.46. The zero-order valence-electron chi connectivity index (χ0n) is 11.8. The van der Waals surface area contributed by atoms with Crippen LogP contribution < -0.4 is 10.6 Å². The van der Waals surface area contributed by atoms with Gasteiger partial charge in [-0.25, -0.2) is 0 Å². The van der Waals surface area contributed by atoms with Crippen LogP contribution in [0.4, 0.5) is 13.2 Å². The summed E-state index contributed by atoms with van der Waals surface area (Å²) in [6.45, 7) is -1.45. The van der Waals surface area contributed by atoms with Gasteiger partial charge in [0.1, 0.15) is 0 Å². The molecule has 0 aromatic rings. The second kappa shape index (κ2) is 7.63. The first kappa shape index (κ1) is 17.7. The minimum atomic E-state index is -4.35. The van der Waals surface area contributed by atoms with Crippen molar-refractivity contribution >= 4 is 11.9 Å². The molecule has 1 fully saturated rings. The number of carboxylic acid groups (broad SMARTS) is 1. The van der Waals surface area contributed by atoms with Crippen LogP contribution in [0.25, 0.3) is 0 Å². The highest BCUT2D eigenvalue weighted by Gasteiger charge is 2.34. The molecule has 0 aliphatic heterocycles. The lowest BCUT2D eigenvalue weighted by molar-refractivity contribution is -0.141. The zero-order valence-corrected chi connectivity index (χ0v) is 11.8. The Bertz CT molecular complexity index is 366. The molecule has 0 spiro atoms. The van der Waals surface area contributed by atoms with Gasteiger partial charge in [-0.15, -0.1) is 0 Å². The van der Waals surface area contributed by atoms with Crippen molar-refractivity contribution in [1.29, 1.82) is 0 Å². The highest BCUT2D eigenvalue weighted by atomic mass is 19.4. The minimum absolute atomic E-state index is 0.0245. The van der Waals surface area contributed by atoms with Gasteiger partial charge in [0.05, 0.1) is 19.5 Å². The molecule has 8 heteroatoms. The zero-order chi connectivity index (χ0) is 15.9. The van der Waals surface area contributed by atoms with Gasteiger partial charge in [0.2, 0.25) is 5.91 Å². The Morgan fingerprint density at radius 3 is 2.29 bits per heavy atom. The van der Waals surface area contributed by atoms with Crippen LogP contribution in [0.3, 0.4) is 0 Å². The van der Waals surface area contributed by atoms with Gasteiger partial charge in [-0.05, 0) is 18.3 Å². The van der Waals surface area contributed by atoms with Gasteiger partial charge in [-0.1, -0.05) is 19.3 Å². The standard InChI is InChI=1S/C13H21F3N2O3/c14-13(15,16)9-17-7-10(19)18-8-12(6-11(20)21)4-2-1-3-5-12/h17H,1-9H2,(H,18,19)(H,20,21). The Balaban J connectivity index is 2.38. The Morgan fingerprint density at radius 1 is 1.14 bits per heavy atom. The van der Waals surface area contributed by atoms with E-state index in [1.165, 1.54) is 0 Å². The van der Waals surface area contributed by atoms with Crippen molar-refractivity contribution in [3.05, 3.63) is 0 Å². The number of carbonyl (C=O) groups is 2. The molecule has 1 saturated carbocycles. The van der Waals surface area contributed by atoms with Crippen molar-refractivity contribution in [3.63, 3.8) is 0 Å². The van der Waals surface area contributed by atoms with E-state index in [1.807, 2.05) is 5.32 Å². The van der Waals surface area contributed by atoms with E-state index >= 15 is 0 Å². The number of alkyl halides is 3. The van der Waals surface area contributed by atoms with Crippen LogP contribution in [0.2, 0.25) is 0 Å². The normalized spacial score (nSPS) is 18.2. The van der Waals surface area contributed by atoms with Crippen molar-refractivity contribution in [1.82, 2.24) is 10.6 Å². The summed E-state index contributed by atoms with van der Waals surface area (Å²) >= 11 is 0. The lowest BCUT2D eigenvalue weighted by Gasteiger charge is -2.36. The van der Waals surface area contributed by atoms with E-state index in [9.17, 15) is 22.8 Å². The predicted molar refractivity (Wildman–Crippen MR) is 69.7 cm³/mol. The number of rotatable bonds is 7. The molecule has 0 aromatic heterocycles. The van der Waals surface area contributed by atoms with Gasteiger partial charge in [0, 0.05) is 6.54 Å². The largest absolute Gasteiger partial charge is 0.481 e. The summed E-state index contributed by atoms with van der Waals surface area (Å²) in [7, 11) is 0. The molecule has 1 aliphatic carbocycles. The molecule has 21 heavy (non-hydrogen) atoms. The molecule has 0 atom stereocenters. The third kappa shape index (κ3) is 7.31. The summed E-state index contributed by atoms with van der Waals surface area (Å²) in [5.41, 5.74) is -0.468. The molecule has 1 amide bonds. The minimum Gasteiger partial charge on any atom is -0.481 e. The topological polar surface area (TPSA) is 78.4 Å². The number of amides is 1. The summed E-state index contributed by atoms with van der Waals surface area (Å²) in [4.78, 5) is 22.5. The molecule has 0 saturated heterocycles. The first-order valence-corrected chi connectivity index (χ1v) is 6.98. The molecular formula is C13H21F3N2O3. The van der Waals surface area contributed by atoms with Crippen molar-refractivity contribution in [2.24, 2.45) is 5.41 Å². The number of hydrogen-bond donors (Lipinski definition) is 3. The van der Waals surface area contributed by atoms with Gasteiger partial charge in [0.15, 0.2) is 0 Å². The third-order valence-corrected chi connectivity index (χ3v) is 3.71. The second-order valence-electron chi connectivity index (χ2n) is 5.63. The molecule has 1 aliphatic rings. The van der Waals surface area contributed by atoms with E-state index in [4.69, 9.17) is 5.11 Å². The summed E-state index contributed by atoms with van der Waals surface area (Å²) in [6, 6.07) is 0. The van der Waals surface area contributed by atoms with Crippen LogP contribution in [-0.4, -0.2) is 42.8 Å². The SMILES string of the molecule is O=C(O)CC1(CNC(=O)CNCC(F)(F)F)CCCCC1. The maximum absolute atomic E-state index is 11.9. The Kier molecular flexibility index (Phi) is 6.44. The molecule has 0 bridgehead atoms. The number of aliphatic carboxylic acids is 1. The average Bonchev–Trinajstić information content (AvgIpc) is 2.35. The molecule has 0 aromatic carbocycles. The number of nitrogens with one attached hydrogen (secondary N) is 2. The van der Waals surface area contributed by atoms with E-state index in [-0.39, 0.29) is 13.0 Å². The molecular weight excluding hydrogens is 289 g/mol. The molecule has 0 radical (unpaired) electrons. The monoisotopic (exact) mass is 310 g/mol. The van der Waals surface area contributed by atoms with Crippen molar-refractivity contribution in [3.8, 4) is 0 Å². The van der Waals surface area contributed by atoms with E-state index in [0.29, 0.717) is 0 Å². The Labute approximate surface area is 121 Å². The molecule has 0 heterocycles. The number of halogens is 3. The fourth-order valence-corrected chi connectivity index (χ4v) is 2.70. The van der Waals surface area contributed by atoms with Gasteiger partial charge in [-0.2, -0.15) is 13.2 Å². The Hall–Kier alpha value is -1.31. The van der Waals surface area contributed by atoms with Crippen molar-refractivity contribution < 1.29 is 27.9 Å². The maximum atomic E-state index is 11.9. The fraction of sp³-hybridized carbons (Fsp3) is 0.846. The quantitative estimate of drug-likeness (QED) is 0.668. The van der Waals surface area contributed by atoms with Crippen molar-refractivity contribution in [2.75, 3.05) is 19.6 Å². The maximum Gasteiger partial charge on any atom is 0.401 e. The highest BCUT2D eigenvalue weighted by molar-refractivity contribution is 5.78. The van der Waals surface area contributed by atoms with Crippen LogP contribution in [0.15, 0.2) is 0 Å². The van der Waals surface area contributed by atoms with Gasteiger partial charge in [-0.3, -0.25) is 9.59 Å². The smallest absolute Gasteiger partial charge is 0.401 e. The average molecular weight is 310 g/mol. The van der Waals surface area contributed by atoms with Gasteiger partial charge in [0.25, 0.3) is 0 Å². The molecule has 1 rings (SSSR count). The van der Waals surface area contributed by atoms with E-state index in [2.05, 4.69) is 5.32 Å².